The lowest BCUT2D eigenvalue weighted by molar-refractivity contribution is 0.139. The second kappa shape index (κ2) is 5.99. The summed E-state index contributed by atoms with van der Waals surface area (Å²) < 4.78 is 0. The minimum absolute atomic E-state index is 0.739. The Bertz CT molecular complexity index is 197. The summed E-state index contributed by atoms with van der Waals surface area (Å²) in [5.74, 6) is 1.73. The van der Waals surface area contributed by atoms with E-state index in [2.05, 4.69) is 29.5 Å². The van der Waals surface area contributed by atoms with Gasteiger partial charge in [0.05, 0.1) is 0 Å². The Labute approximate surface area is 100.0 Å². The number of hydrogen-bond acceptors (Lipinski definition) is 3. The van der Waals surface area contributed by atoms with E-state index in [0.717, 1.165) is 17.9 Å². The molecule has 1 saturated heterocycles. The molecule has 1 saturated carbocycles. The minimum Gasteiger partial charge on any atom is -0.316 e. The third-order valence-electron chi connectivity index (χ3n) is 4.36. The van der Waals surface area contributed by atoms with Crippen molar-refractivity contribution >= 4 is 0 Å². The Morgan fingerprint density at radius 2 is 2.00 bits per heavy atom. The zero-order valence-corrected chi connectivity index (χ0v) is 10.8. The zero-order valence-electron chi connectivity index (χ0n) is 10.8. The molecular weight excluding hydrogens is 198 g/mol. The van der Waals surface area contributed by atoms with Gasteiger partial charge in [-0.05, 0) is 31.7 Å². The molecule has 2 unspecified atom stereocenters. The monoisotopic (exact) mass is 225 g/mol. The molecule has 0 aromatic carbocycles. The largest absolute Gasteiger partial charge is 0.316 e. The number of hydrogen-bond donors (Lipinski definition) is 2. The van der Waals surface area contributed by atoms with Crippen molar-refractivity contribution in [3.63, 3.8) is 0 Å². The fourth-order valence-electron chi connectivity index (χ4n) is 3.20. The predicted molar refractivity (Wildman–Crippen MR) is 68.7 cm³/mol. The molecule has 2 N–H and O–H groups in total. The van der Waals surface area contributed by atoms with Crippen LogP contribution in [0.25, 0.3) is 0 Å². The summed E-state index contributed by atoms with van der Waals surface area (Å²) in [6.07, 6.45) is 4.33. The number of piperazine rings is 1. The molecule has 0 bridgehead atoms. The molecule has 2 aliphatic rings. The fraction of sp³-hybridized carbons (Fsp3) is 1.00. The third-order valence-corrected chi connectivity index (χ3v) is 4.36. The normalized spacial score (nSPS) is 27.4. The van der Waals surface area contributed by atoms with Crippen LogP contribution >= 0.6 is 0 Å². The Hall–Kier alpha value is -0.120. The van der Waals surface area contributed by atoms with Gasteiger partial charge in [-0.25, -0.2) is 0 Å². The number of rotatable bonds is 5. The van der Waals surface area contributed by atoms with Crippen LogP contribution in [0.5, 0.6) is 0 Å². The molecular formula is C13H27N3. The lowest BCUT2D eigenvalue weighted by Gasteiger charge is -2.39. The molecule has 3 heteroatoms. The quantitative estimate of drug-likeness (QED) is 0.728. The van der Waals surface area contributed by atoms with Crippen LogP contribution in [0.3, 0.4) is 0 Å². The second-order valence-corrected chi connectivity index (χ2v) is 5.53. The Morgan fingerprint density at radius 1 is 1.31 bits per heavy atom. The van der Waals surface area contributed by atoms with Gasteiger partial charge in [-0.3, -0.25) is 0 Å². The van der Waals surface area contributed by atoms with E-state index in [0.29, 0.717) is 0 Å². The maximum Gasteiger partial charge on any atom is 0.0130 e. The molecule has 3 nitrogen and oxygen atoms in total. The Morgan fingerprint density at radius 3 is 2.50 bits per heavy atom. The van der Waals surface area contributed by atoms with E-state index in [1.54, 1.807) is 0 Å². The molecule has 0 spiro atoms. The van der Waals surface area contributed by atoms with E-state index in [1.165, 1.54) is 52.0 Å². The van der Waals surface area contributed by atoms with Crippen LogP contribution in [0.4, 0.5) is 0 Å². The molecule has 94 valence electrons. The molecule has 1 aliphatic heterocycles. The maximum atomic E-state index is 3.55. The molecule has 2 rings (SSSR count). The maximum absolute atomic E-state index is 3.55. The molecule has 0 radical (unpaired) electrons. The first kappa shape index (κ1) is 12.3. The van der Waals surface area contributed by atoms with Crippen LogP contribution in [-0.2, 0) is 0 Å². The van der Waals surface area contributed by atoms with E-state index in [-0.39, 0.29) is 0 Å². The highest BCUT2D eigenvalue weighted by atomic mass is 15.2. The van der Waals surface area contributed by atoms with E-state index >= 15 is 0 Å². The van der Waals surface area contributed by atoms with Crippen LogP contribution in [0.15, 0.2) is 0 Å². The first-order valence-electron chi connectivity index (χ1n) is 6.91. The van der Waals surface area contributed by atoms with Gasteiger partial charge in [-0.15, -0.1) is 0 Å². The molecule has 1 aliphatic carbocycles. The lowest BCUT2D eigenvalue weighted by atomic mass is 9.75. The van der Waals surface area contributed by atoms with Crippen molar-refractivity contribution < 1.29 is 0 Å². The number of nitrogens with one attached hydrogen (secondary N) is 2. The van der Waals surface area contributed by atoms with Crippen molar-refractivity contribution in [1.82, 2.24) is 15.5 Å². The third kappa shape index (κ3) is 2.96. The van der Waals surface area contributed by atoms with Gasteiger partial charge in [0.15, 0.2) is 0 Å². The van der Waals surface area contributed by atoms with E-state index in [1.807, 2.05) is 0 Å². The summed E-state index contributed by atoms with van der Waals surface area (Å²) in [6, 6.07) is 0.739. The molecule has 0 aromatic rings. The van der Waals surface area contributed by atoms with E-state index < -0.39 is 0 Å². The van der Waals surface area contributed by atoms with Gasteiger partial charge in [0.1, 0.15) is 0 Å². The van der Waals surface area contributed by atoms with Gasteiger partial charge in [-0.2, -0.15) is 0 Å². The van der Waals surface area contributed by atoms with Crippen molar-refractivity contribution in [2.75, 3.05) is 39.8 Å². The van der Waals surface area contributed by atoms with Crippen LogP contribution in [0.1, 0.15) is 26.2 Å². The molecule has 0 aromatic heterocycles. The summed E-state index contributed by atoms with van der Waals surface area (Å²) in [6.45, 7) is 8.48. The highest BCUT2D eigenvalue weighted by Gasteiger charge is 2.30. The Kier molecular flexibility index (Phi) is 4.62. The predicted octanol–water partition coefficient (Wildman–Crippen LogP) is 0.916. The average Bonchev–Trinajstić information content (AvgIpc) is 2.24. The molecule has 1 heterocycles. The van der Waals surface area contributed by atoms with Crippen LogP contribution in [0.2, 0.25) is 0 Å². The lowest BCUT2D eigenvalue weighted by Crippen LogP contribution is -2.50. The first-order chi connectivity index (χ1) is 7.81. The fourth-order valence-corrected chi connectivity index (χ4v) is 3.20. The molecule has 2 atom stereocenters. The SMILES string of the molecule is CNC(C(C)CN1CCNCC1)C1CCC1. The standard InChI is InChI=1S/C13H27N3/c1-11(10-16-8-6-15-7-9-16)13(14-2)12-4-3-5-12/h11-15H,3-10H2,1-2H3. The van der Waals surface area contributed by atoms with Crippen molar-refractivity contribution in [3.05, 3.63) is 0 Å². The van der Waals surface area contributed by atoms with Gasteiger partial charge in [0.2, 0.25) is 0 Å². The summed E-state index contributed by atoms with van der Waals surface area (Å²) in [5, 5.41) is 6.97. The van der Waals surface area contributed by atoms with Gasteiger partial charge in [-0.1, -0.05) is 13.3 Å². The number of nitrogens with zero attached hydrogens (tertiary/aromatic N) is 1. The van der Waals surface area contributed by atoms with Gasteiger partial charge in [0, 0.05) is 38.8 Å². The molecule has 2 fully saturated rings. The van der Waals surface area contributed by atoms with E-state index in [9.17, 15) is 0 Å². The van der Waals surface area contributed by atoms with Crippen LogP contribution in [0, 0.1) is 11.8 Å². The summed E-state index contributed by atoms with van der Waals surface area (Å²) in [4.78, 5) is 2.62. The Balaban J connectivity index is 1.77. The molecule has 0 amide bonds. The second-order valence-electron chi connectivity index (χ2n) is 5.53. The smallest absolute Gasteiger partial charge is 0.0130 e. The van der Waals surface area contributed by atoms with Crippen molar-refractivity contribution in [2.45, 2.75) is 32.2 Å². The average molecular weight is 225 g/mol. The molecule has 16 heavy (non-hydrogen) atoms. The van der Waals surface area contributed by atoms with E-state index in [4.69, 9.17) is 0 Å². The first-order valence-corrected chi connectivity index (χ1v) is 6.91. The van der Waals surface area contributed by atoms with Crippen molar-refractivity contribution in [2.24, 2.45) is 11.8 Å². The summed E-state index contributed by atoms with van der Waals surface area (Å²) >= 11 is 0. The van der Waals surface area contributed by atoms with Gasteiger partial charge < -0.3 is 15.5 Å². The summed E-state index contributed by atoms with van der Waals surface area (Å²) in [5.41, 5.74) is 0. The minimum atomic E-state index is 0.739. The zero-order chi connectivity index (χ0) is 11.4. The van der Waals surface area contributed by atoms with Crippen LogP contribution in [-0.4, -0.2) is 50.7 Å². The highest BCUT2D eigenvalue weighted by molar-refractivity contribution is 4.87. The topological polar surface area (TPSA) is 27.3 Å². The van der Waals surface area contributed by atoms with Crippen LogP contribution < -0.4 is 10.6 Å². The van der Waals surface area contributed by atoms with Gasteiger partial charge >= 0.3 is 0 Å². The highest BCUT2D eigenvalue weighted by Crippen LogP contribution is 2.32. The van der Waals surface area contributed by atoms with Crippen molar-refractivity contribution in [3.8, 4) is 0 Å². The van der Waals surface area contributed by atoms with Crippen molar-refractivity contribution in [1.29, 1.82) is 0 Å². The summed E-state index contributed by atoms with van der Waals surface area (Å²) in [7, 11) is 2.14. The van der Waals surface area contributed by atoms with Gasteiger partial charge in [0.25, 0.3) is 0 Å².